The summed E-state index contributed by atoms with van der Waals surface area (Å²) in [6, 6.07) is 5.58. The number of nitro groups is 1. The van der Waals surface area contributed by atoms with Gasteiger partial charge in [0, 0.05) is 24.2 Å². The number of nitro benzene ring substituents is 1. The molecule has 2 amide bonds. The summed E-state index contributed by atoms with van der Waals surface area (Å²) in [5, 5.41) is 14.3. The molecule has 27 heavy (non-hydrogen) atoms. The van der Waals surface area contributed by atoms with Gasteiger partial charge in [0.1, 0.15) is 6.04 Å². The Balaban J connectivity index is 1.62. The number of β-lactam (4-membered cyclic amide) rings is 1. The monoisotopic (exact) mass is 371 g/mol. The molecule has 3 aliphatic rings. The average molecular weight is 371 g/mol. The zero-order valence-corrected chi connectivity index (χ0v) is 15.3. The van der Waals surface area contributed by atoms with Crippen molar-refractivity contribution in [1.82, 2.24) is 10.2 Å². The number of carbonyl (C=O) groups excluding carboxylic acids is 2. The lowest BCUT2D eigenvalue weighted by Gasteiger charge is -2.48. The largest absolute Gasteiger partial charge is 0.351 e. The number of carbonyl (C=O) groups is 2. The topological polar surface area (TPSA) is 92.5 Å². The minimum atomic E-state index is -0.779. The molecule has 2 saturated carbocycles. The van der Waals surface area contributed by atoms with Crippen LogP contribution in [0.25, 0.3) is 0 Å². The summed E-state index contributed by atoms with van der Waals surface area (Å²) in [4.78, 5) is 38.3. The summed E-state index contributed by atoms with van der Waals surface area (Å²) in [5.74, 6) is -0.178. The van der Waals surface area contributed by atoms with Crippen LogP contribution in [0.2, 0.25) is 0 Å². The van der Waals surface area contributed by atoms with E-state index in [4.69, 9.17) is 0 Å². The van der Waals surface area contributed by atoms with E-state index in [0.29, 0.717) is 5.56 Å². The molecule has 7 nitrogen and oxygen atoms in total. The van der Waals surface area contributed by atoms with Crippen LogP contribution in [0.5, 0.6) is 0 Å². The maximum Gasteiger partial charge on any atom is 0.269 e. The lowest BCUT2D eigenvalue weighted by Crippen LogP contribution is -2.62. The number of non-ortho nitro benzene ring substituents is 1. The van der Waals surface area contributed by atoms with Crippen molar-refractivity contribution in [3.05, 3.63) is 39.9 Å². The number of nitrogens with zero attached hydrogens (tertiary/aromatic N) is 2. The summed E-state index contributed by atoms with van der Waals surface area (Å²) in [6.07, 6.45) is 8.06. The van der Waals surface area contributed by atoms with E-state index in [-0.39, 0.29) is 35.5 Å². The minimum absolute atomic E-state index is 0.00722. The first-order valence-electron chi connectivity index (χ1n) is 9.93. The van der Waals surface area contributed by atoms with Crippen LogP contribution in [-0.2, 0) is 9.59 Å². The highest BCUT2D eigenvalue weighted by atomic mass is 16.6. The maximum absolute atomic E-state index is 13.2. The molecule has 144 valence electrons. The molecule has 1 aromatic rings. The molecule has 1 saturated heterocycles. The lowest BCUT2D eigenvalue weighted by molar-refractivity contribution is -0.384. The number of nitrogens with one attached hydrogen (secondary N) is 1. The van der Waals surface area contributed by atoms with E-state index in [2.05, 4.69) is 5.32 Å². The molecule has 4 rings (SSSR count). The van der Waals surface area contributed by atoms with Gasteiger partial charge >= 0.3 is 0 Å². The Bertz CT molecular complexity index is 759. The first-order valence-corrected chi connectivity index (χ1v) is 9.93. The molecule has 3 atom stereocenters. The van der Waals surface area contributed by atoms with Crippen LogP contribution in [0.4, 0.5) is 5.69 Å². The summed E-state index contributed by atoms with van der Waals surface area (Å²) in [7, 11) is 0. The number of likely N-dealkylation sites (tertiary alicyclic amines) is 1. The molecule has 1 unspecified atom stereocenters. The first kappa shape index (κ1) is 17.9. The average Bonchev–Trinajstić information content (AvgIpc) is 3.11. The Morgan fingerprint density at radius 1 is 1.15 bits per heavy atom. The number of amides is 2. The zero-order chi connectivity index (χ0) is 19.0. The van der Waals surface area contributed by atoms with E-state index in [9.17, 15) is 19.7 Å². The Morgan fingerprint density at radius 2 is 1.93 bits per heavy atom. The van der Waals surface area contributed by atoms with Crippen LogP contribution in [-0.4, -0.2) is 33.7 Å². The van der Waals surface area contributed by atoms with Gasteiger partial charge in [-0.15, -0.1) is 0 Å². The fourth-order valence-corrected chi connectivity index (χ4v) is 4.93. The van der Waals surface area contributed by atoms with Gasteiger partial charge in [-0.3, -0.25) is 19.7 Å². The molecule has 1 aromatic carbocycles. The second kappa shape index (κ2) is 7.29. The third kappa shape index (κ3) is 3.31. The van der Waals surface area contributed by atoms with Crippen LogP contribution >= 0.6 is 0 Å². The number of fused-ring (bicyclic) bond motifs is 1. The smallest absolute Gasteiger partial charge is 0.269 e. The molecule has 1 aliphatic heterocycles. The van der Waals surface area contributed by atoms with Gasteiger partial charge in [0.05, 0.1) is 10.8 Å². The third-order valence-electron chi connectivity index (χ3n) is 6.28. The fraction of sp³-hybridized carbons (Fsp3) is 0.600. The van der Waals surface area contributed by atoms with E-state index in [1.54, 1.807) is 17.0 Å². The highest BCUT2D eigenvalue weighted by molar-refractivity contribution is 5.94. The third-order valence-corrected chi connectivity index (χ3v) is 6.28. The zero-order valence-electron chi connectivity index (χ0n) is 15.3. The van der Waals surface area contributed by atoms with E-state index in [0.717, 1.165) is 44.9 Å². The number of benzene rings is 1. The molecule has 2 aliphatic carbocycles. The van der Waals surface area contributed by atoms with Gasteiger partial charge in [-0.05, 0) is 31.2 Å². The molecule has 7 heteroatoms. The van der Waals surface area contributed by atoms with Crippen LogP contribution in [0.15, 0.2) is 24.3 Å². The summed E-state index contributed by atoms with van der Waals surface area (Å²) in [6.45, 7) is 0. The van der Waals surface area contributed by atoms with E-state index in [1.165, 1.54) is 18.6 Å². The number of rotatable bonds is 5. The van der Waals surface area contributed by atoms with Crippen molar-refractivity contribution >= 4 is 17.5 Å². The second-order valence-electron chi connectivity index (χ2n) is 7.95. The van der Waals surface area contributed by atoms with Crippen molar-refractivity contribution in [1.29, 1.82) is 0 Å². The number of hydrogen-bond acceptors (Lipinski definition) is 4. The summed E-state index contributed by atoms with van der Waals surface area (Å²) >= 11 is 0. The van der Waals surface area contributed by atoms with Crippen LogP contribution in [0.3, 0.4) is 0 Å². The summed E-state index contributed by atoms with van der Waals surface area (Å²) in [5.41, 5.74) is 0.468. The second-order valence-corrected chi connectivity index (χ2v) is 7.95. The molecular weight excluding hydrogens is 346 g/mol. The van der Waals surface area contributed by atoms with Gasteiger partial charge in [-0.1, -0.05) is 37.8 Å². The van der Waals surface area contributed by atoms with Crippen molar-refractivity contribution in [2.24, 2.45) is 5.92 Å². The molecule has 3 fully saturated rings. The van der Waals surface area contributed by atoms with Crippen molar-refractivity contribution in [2.45, 2.75) is 69.5 Å². The SMILES string of the molecule is O=C(NC1CCCCC1)C(c1cccc([N+](=O)[O-])c1)N1C(=O)[C@@H]2CCC[C@@H]21. The molecule has 0 radical (unpaired) electrons. The Kier molecular flexibility index (Phi) is 4.85. The van der Waals surface area contributed by atoms with Crippen molar-refractivity contribution < 1.29 is 14.5 Å². The Hall–Kier alpha value is -2.44. The van der Waals surface area contributed by atoms with Crippen molar-refractivity contribution in [3.63, 3.8) is 0 Å². The van der Waals surface area contributed by atoms with Gasteiger partial charge in [-0.25, -0.2) is 0 Å². The number of hydrogen-bond donors (Lipinski definition) is 1. The van der Waals surface area contributed by atoms with Crippen LogP contribution in [0, 0.1) is 16.0 Å². The molecule has 0 bridgehead atoms. The quantitative estimate of drug-likeness (QED) is 0.489. The fourth-order valence-electron chi connectivity index (χ4n) is 4.93. The minimum Gasteiger partial charge on any atom is -0.351 e. The lowest BCUT2D eigenvalue weighted by atomic mass is 9.86. The highest BCUT2D eigenvalue weighted by Gasteiger charge is 2.54. The van der Waals surface area contributed by atoms with E-state index >= 15 is 0 Å². The van der Waals surface area contributed by atoms with Gasteiger partial charge in [-0.2, -0.15) is 0 Å². The van der Waals surface area contributed by atoms with Crippen molar-refractivity contribution in [2.75, 3.05) is 0 Å². The first-order chi connectivity index (χ1) is 13.1. The van der Waals surface area contributed by atoms with Crippen LogP contribution in [0.1, 0.15) is 63.0 Å². The molecule has 1 heterocycles. The maximum atomic E-state index is 13.2. The van der Waals surface area contributed by atoms with Gasteiger partial charge in [0.25, 0.3) is 5.69 Å². The Morgan fingerprint density at radius 3 is 2.67 bits per heavy atom. The van der Waals surface area contributed by atoms with E-state index < -0.39 is 11.0 Å². The highest BCUT2D eigenvalue weighted by Crippen LogP contribution is 2.45. The predicted octanol–water partition coefficient (Wildman–Crippen LogP) is 3.10. The normalized spacial score (nSPS) is 26.2. The predicted molar refractivity (Wildman–Crippen MR) is 98.8 cm³/mol. The molecule has 0 aromatic heterocycles. The van der Waals surface area contributed by atoms with Gasteiger partial charge < -0.3 is 10.2 Å². The van der Waals surface area contributed by atoms with Gasteiger partial charge in [0.2, 0.25) is 11.8 Å². The molecular formula is C20H25N3O4. The van der Waals surface area contributed by atoms with Gasteiger partial charge in [0.15, 0.2) is 0 Å². The van der Waals surface area contributed by atoms with E-state index in [1.807, 2.05) is 0 Å². The molecule has 1 N–H and O–H groups in total. The standard InChI is InChI=1S/C20H25N3O4/c24-19(21-14-7-2-1-3-8-14)18(13-6-4-9-15(12-13)23(26)27)22-17-11-5-10-16(17)20(22)25/h4,6,9,12,14,16-18H,1-3,5,7-8,10-11H2,(H,21,24)/t16-,17+,18?/m1/s1. The Labute approximate surface area is 158 Å². The summed E-state index contributed by atoms with van der Waals surface area (Å²) < 4.78 is 0. The van der Waals surface area contributed by atoms with Crippen molar-refractivity contribution in [3.8, 4) is 0 Å². The molecule has 0 spiro atoms. The van der Waals surface area contributed by atoms with Crippen LogP contribution < -0.4 is 5.32 Å².